The Morgan fingerprint density at radius 3 is 2.38 bits per heavy atom. The van der Waals surface area contributed by atoms with E-state index in [1.807, 2.05) is 0 Å². The number of aromatic hydroxyl groups is 1. The van der Waals surface area contributed by atoms with Crippen molar-refractivity contribution in [3.05, 3.63) is 47.0 Å². The van der Waals surface area contributed by atoms with Crippen molar-refractivity contribution in [1.29, 1.82) is 0 Å². The molecule has 1 aromatic heterocycles. The molecular formula is C24H30N3O2. The topological polar surface area (TPSA) is 66.3 Å². The lowest BCUT2D eigenvalue weighted by atomic mass is 9.84. The Hall–Kier alpha value is -2.43. The predicted molar refractivity (Wildman–Crippen MR) is 114 cm³/mol. The van der Waals surface area contributed by atoms with Gasteiger partial charge < -0.3 is 10.0 Å². The second-order valence-electron chi connectivity index (χ2n) is 8.59. The summed E-state index contributed by atoms with van der Waals surface area (Å²) >= 11 is 0. The summed E-state index contributed by atoms with van der Waals surface area (Å²) in [6.07, 6.45) is 11.4. The molecule has 2 heterocycles. The zero-order valence-electron chi connectivity index (χ0n) is 17.2. The number of aryl methyl sites for hydroxylation is 1. The van der Waals surface area contributed by atoms with Crippen molar-refractivity contribution in [3.8, 4) is 5.75 Å². The van der Waals surface area contributed by atoms with Gasteiger partial charge in [-0.3, -0.25) is 4.79 Å². The van der Waals surface area contributed by atoms with Crippen LogP contribution in [0.15, 0.2) is 24.3 Å². The van der Waals surface area contributed by atoms with Crippen molar-refractivity contribution in [1.82, 2.24) is 9.97 Å². The summed E-state index contributed by atoms with van der Waals surface area (Å²) in [6, 6.07) is 9.26. The Morgan fingerprint density at radius 2 is 1.72 bits per heavy atom. The highest BCUT2D eigenvalue weighted by atomic mass is 16.3. The van der Waals surface area contributed by atoms with Crippen molar-refractivity contribution >= 4 is 12.0 Å². The van der Waals surface area contributed by atoms with Crippen molar-refractivity contribution in [3.63, 3.8) is 0 Å². The predicted octanol–water partition coefficient (Wildman–Crippen LogP) is 4.46. The average molecular weight is 393 g/mol. The van der Waals surface area contributed by atoms with Gasteiger partial charge in [-0.25, -0.2) is 9.97 Å². The molecule has 1 aliphatic carbocycles. The van der Waals surface area contributed by atoms with Crippen molar-refractivity contribution in [2.75, 3.05) is 18.0 Å². The number of hydrogen-bond donors (Lipinski definition) is 1. The Bertz CT molecular complexity index is 836. The van der Waals surface area contributed by atoms with E-state index in [1.165, 1.54) is 43.4 Å². The van der Waals surface area contributed by atoms with Crippen molar-refractivity contribution < 1.29 is 9.90 Å². The van der Waals surface area contributed by atoms with Gasteiger partial charge in [0.15, 0.2) is 11.4 Å². The summed E-state index contributed by atoms with van der Waals surface area (Å²) in [7, 11) is 0. The van der Waals surface area contributed by atoms with E-state index < -0.39 is 0 Å². The second-order valence-corrected chi connectivity index (χ2v) is 8.59. The van der Waals surface area contributed by atoms with Gasteiger partial charge in [-0.15, -0.1) is 0 Å². The van der Waals surface area contributed by atoms with Crippen LogP contribution in [0.2, 0.25) is 0 Å². The third-order valence-electron chi connectivity index (χ3n) is 6.62. The molecule has 5 heteroatoms. The first kappa shape index (κ1) is 19.9. The van der Waals surface area contributed by atoms with E-state index in [1.54, 1.807) is 13.2 Å². The van der Waals surface area contributed by atoms with Gasteiger partial charge in [0.05, 0.1) is 5.69 Å². The van der Waals surface area contributed by atoms with E-state index in [2.05, 4.69) is 39.1 Å². The van der Waals surface area contributed by atoms with E-state index in [0.29, 0.717) is 17.4 Å². The molecule has 153 valence electrons. The summed E-state index contributed by atoms with van der Waals surface area (Å²) in [6.45, 7) is 3.75. The van der Waals surface area contributed by atoms with E-state index in [0.717, 1.165) is 38.3 Å². The van der Waals surface area contributed by atoms with Gasteiger partial charge in [-0.2, -0.15) is 0 Å². The molecule has 1 N–H and O–H groups in total. The minimum Gasteiger partial charge on any atom is -0.504 e. The highest BCUT2D eigenvalue weighted by Gasteiger charge is 2.22. The summed E-state index contributed by atoms with van der Waals surface area (Å²) in [4.78, 5) is 22.0. The van der Waals surface area contributed by atoms with Gasteiger partial charge >= 0.3 is 0 Å². The van der Waals surface area contributed by atoms with Crippen molar-refractivity contribution in [2.45, 2.75) is 64.2 Å². The van der Waals surface area contributed by atoms with Crippen LogP contribution in [0.1, 0.15) is 73.6 Å². The van der Waals surface area contributed by atoms with Gasteiger partial charge in [0.2, 0.25) is 0 Å². The van der Waals surface area contributed by atoms with Gasteiger partial charge in [0.1, 0.15) is 5.82 Å². The molecule has 1 aliphatic heterocycles. The molecule has 1 aromatic carbocycles. The molecule has 0 unspecified atom stereocenters. The molecule has 4 rings (SSSR count). The largest absolute Gasteiger partial charge is 0.504 e. The van der Waals surface area contributed by atoms with Crippen LogP contribution in [-0.4, -0.2) is 34.5 Å². The standard InChI is InChI=1S/C24H30N3O2/c1-17-24(29)22(16-28)26-23(25-17)15-18-11-13-27(14-12-18)21-9-7-20(8-10-21)19-5-3-2-4-6-19/h7-10,18-19,29H,2-6,11-15H2,1H3. The highest BCUT2D eigenvalue weighted by Crippen LogP contribution is 2.34. The molecule has 1 saturated carbocycles. The minimum atomic E-state index is -0.157. The number of benzene rings is 1. The normalized spacial score (nSPS) is 18.7. The number of rotatable bonds is 5. The van der Waals surface area contributed by atoms with Crippen LogP contribution in [0.4, 0.5) is 5.69 Å². The molecular weight excluding hydrogens is 362 g/mol. The second kappa shape index (κ2) is 8.93. The molecule has 1 radical (unpaired) electrons. The zero-order valence-corrected chi connectivity index (χ0v) is 17.2. The Kier molecular flexibility index (Phi) is 6.12. The first-order chi connectivity index (χ1) is 14.1. The number of anilines is 1. The fraction of sp³-hybridized carbons (Fsp3) is 0.542. The summed E-state index contributed by atoms with van der Waals surface area (Å²) < 4.78 is 0. The van der Waals surface area contributed by atoms with Crippen LogP contribution in [0.3, 0.4) is 0 Å². The third kappa shape index (κ3) is 4.60. The lowest BCUT2D eigenvalue weighted by molar-refractivity contribution is 0.394. The number of nitrogens with zero attached hydrogens (tertiary/aromatic N) is 3. The van der Waals surface area contributed by atoms with Gasteiger partial charge in [-0.05, 0) is 62.1 Å². The lowest BCUT2D eigenvalue weighted by Crippen LogP contribution is -2.34. The van der Waals surface area contributed by atoms with Crippen LogP contribution < -0.4 is 4.90 Å². The molecule has 0 amide bonds. The molecule has 0 bridgehead atoms. The fourth-order valence-corrected chi connectivity index (χ4v) is 4.83. The van der Waals surface area contributed by atoms with Crippen LogP contribution in [0.5, 0.6) is 5.75 Å². The quantitative estimate of drug-likeness (QED) is 0.814. The maximum atomic E-state index is 11.0. The van der Waals surface area contributed by atoms with Crippen molar-refractivity contribution in [2.24, 2.45) is 5.92 Å². The number of carbonyl (C=O) groups excluding carboxylic acids is 1. The van der Waals surface area contributed by atoms with E-state index in [9.17, 15) is 9.90 Å². The summed E-state index contributed by atoms with van der Waals surface area (Å²) in [5, 5.41) is 9.80. The van der Waals surface area contributed by atoms with Crippen LogP contribution >= 0.6 is 0 Å². The van der Waals surface area contributed by atoms with Crippen LogP contribution in [0.25, 0.3) is 0 Å². The number of hydrogen-bond acceptors (Lipinski definition) is 5. The number of aromatic nitrogens is 2. The molecule has 1 saturated heterocycles. The van der Waals surface area contributed by atoms with Gasteiger partial charge in [0.25, 0.3) is 6.29 Å². The van der Waals surface area contributed by atoms with Crippen LogP contribution in [0, 0.1) is 12.8 Å². The number of piperidine rings is 1. The molecule has 2 fully saturated rings. The Morgan fingerprint density at radius 1 is 1.03 bits per heavy atom. The minimum absolute atomic E-state index is 0.0250. The SMILES string of the molecule is Cc1nc(CC2CCN(c3ccc(C4CCCCC4)cc3)CC2)nc([C]=O)c1O. The maximum Gasteiger partial charge on any atom is 0.257 e. The average Bonchev–Trinajstić information content (AvgIpc) is 2.77. The monoisotopic (exact) mass is 392 g/mol. The first-order valence-electron chi connectivity index (χ1n) is 10.9. The molecule has 2 aliphatic rings. The molecule has 0 atom stereocenters. The first-order valence-corrected chi connectivity index (χ1v) is 10.9. The van der Waals surface area contributed by atoms with E-state index >= 15 is 0 Å². The maximum absolute atomic E-state index is 11.0. The Labute approximate surface area is 173 Å². The molecule has 0 spiro atoms. The van der Waals surface area contributed by atoms with Gasteiger partial charge in [-0.1, -0.05) is 31.4 Å². The Balaban J connectivity index is 1.33. The fourth-order valence-electron chi connectivity index (χ4n) is 4.83. The van der Waals surface area contributed by atoms with E-state index in [-0.39, 0.29) is 11.4 Å². The van der Waals surface area contributed by atoms with Crippen LogP contribution in [-0.2, 0) is 11.2 Å². The summed E-state index contributed by atoms with van der Waals surface area (Å²) in [5.41, 5.74) is 3.25. The zero-order chi connectivity index (χ0) is 20.2. The van der Waals surface area contributed by atoms with E-state index in [4.69, 9.17) is 0 Å². The smallest absolute Gasteiger partial charge is 0.257 e. The molecule has 29 heavy (non-hydrogen) atoms. The van der Waals surface area contributed by atoms with Gasteiger partial charge in [0, 0.05) is 25.2 Å². The molecule has 2 aromatic rings. The highest BCUT2D eigenvalue weighted by molar-refractivity contribution is 5.76. The molecule has 5 nitrogen and oxygen atoms in total. The lowest BCUT2D eigenvalue weighted by Gasteiger charge is -2.33. The third-order valence-corrected chi connectivity index (χ3v) is 6.62. The summed E-state index contributed by atoms with van der Waals surface area (Å²) in [5.74, 6) is 1.73.